The fourth-order valence-corrected chi connectivity index (χ4v) is 1.09. The van der Waals surface area contributed by atoms with E-state index in [1.165, 1.54) is 5.56 Å². The summed E-state index contributed by atoms with van der Waals surface area (Å²) in [6.45, 7) is 9.70. The highest BCUT2D eigenvalue weighted by Gasteiger charge is 1.88. The summed E-state index contributed by atoms with van der Waals surface area (Å²) in [4.78, 5) is 0. The average Bonchev–Trinajstić information content (AvgIpc) is 2.19. The molecular weight excluding hydrogens is 168 g/mol. The average molecular weight is 184 g/mol. The van der Waals surface area contributed by atoms with Crippen molar-refractivity contribution < 1.29 is 0 Å². The van der Waals surface area contributed by atoms with Crippen molar-refractivity contribution in [2.24, 2.45) is 0 Å². The molecule has 0 atom stereocenters. The third-order valence-electron chi connectivity index (χ3n) is 2.06. The Morgan fingerprint density at radius 3 is 2.43 bits per heavy atom. The number of allylic oxidation sites excluding steroid dienone is 4. The van der Waals surface area contributed by atoms with Crippen LogP contribution in [0.3, 0.4) is 0 Å². The van der Waals surface area contributed by atoms with Gasteiger partial charge < -0.3 is 0 Å². The summed E-state index contributed by atoms with van der Waals surface area (Å²) in [6, 6.07) is 10.4. The van der Waals surface area contributed by atoms with Crippen LogP contribution in [0.2, 0.25) is 0 Å². The van der Waals surface area contributed by atoms with Crippen molar-refractivity contribution in [3.63, 3.8) is 0 Å². The van der Waals surface area contributed by atoms with Crippen LogP contribution in [-0.2, 0) is 6.42 Å². The summed E-state index contributed by atoms with van der Waals surface area (Å²) < 4.78 is 0. The van der Waals surface area contributed by atoms with Crippen molar-refractivity contribution >= 4 is 0 Å². The minimum absolute atomic E-state index is 0.952. The molecule has 0 nitrogen and oxygen atoms in total. The summed E-state index contributed by atoms with van der Waals surface area (Å²) in [7, 11) is 0. The molecule has 0 saturated carbocycles. The smallest absolute Gasteiger partial charge is 0.00941 e. The Labute approximate surface area is 86.3 Å². The summed E-state index contributed by atoms with van der Waals surface area (Å²) in [5, 5.41) is 0. The molecule has 72 valence electrons. The Morgan fingerprint density at radius 1 is 1.21 bits per heavy atom. The molecular formula is C14H16. The highest BCUT2D eigenvalue weighted by molar-refractivity contribution is 5.34. The fourth-order valence-electron chi connectivity index (χ4n) is 1.09. The van der Waals surface area contributed by atoms with E-state index in [0.717, 1.165) is 17.6 Å². The van der Waals surface area contributed by atoms with Crippen molar-refractivity contribution in [1.82, 2.24) is 0 Å². The monoisotopic (exact) mass is 184 g/mol. The fraction of sp³-hybridized carbons (Fsp3) is 0.143. The van der Waals surface area contributed by atoms with Gasteiger partial charge in [0.05, 0.1) is 0 Å². The first kappa shape index (κ1) is 10.5. The van der Waals surface area contributed by atoms with Crippen molar-refractivity contribution in [3.05, 3.63) is 72.4 Å². The Morgan fingerprint density at radius 2 is 1.86 bits per heavy atom. The molecule has 0 fully saturated rings. The summed E-state index contributed by atoms with van der Waals surface area (Å²) in [6.07, 6.45) is 5.09. The van der Waals surface area contributed by atoms with Gasteiger partial charge in [0, 0.05) is 0 Å². The molecule has 1 aromatic carbocycles. The Balaban J connectivity index is 2.49. The van der Waals surface area contributed by atoms with E-state index >= 15 is 0 Å². The number of rotatable bonds is 4. The molecule has 1 aromatic rings. The molecule has 0 N–H and O–H groups in total. The van der Waals surface area contributed by atoms with Crippen LogP contribution < -0.4 is 0 Å². The van der Waals surface area contributed by atoms with Gasteiger partial charge in [0.1, 0.15) is 0 Å². The van der Waals surface area contributed by atoms with Gasteiger partial charge in [-0.2, -0.15) is 0 Å². The largest absolute Gasteiger partial charge is 0.0955 e. The molecule has 0 radical (unpaired) electrons. The Hall–Kier alpha value is -1.56. The summed E-state index contributed by atoms with van der Waals surface area (Å²) in [5.41, 5.74) is 3.34. The van der Waals surface area contributed by atoms with E-state index in [9.17, 15) is 0 Å². The zero-order valence-electron chi connectivity index (χ0n) is 8.66. The molecule has 0 aromatic heterocycles. The first-order valence-electron chi connectivity index (χ1n) is 4.75. The lowest BCUT2D eigenvalue weighted by molar-refractivity contribution is 1.26. The van der Waals surface area contributed by atoms with Crippen molar-refractivity contribution in [1.29, 1.82) is 0 Å². The van der Waals surface area contributed by atoms with Gasteiger partial charge in [-0.3, -0.25) is 0 Å². The van der Waals surface area contributed by atoms with Crippen molar-refractivity contribution in [3.8, 4) is 0 Å². The van der Waals surface area contributed by atoms with E-state index in [-0.39, 0.29) is 0 Å². The van der Waals surface area contributed by atoms with E-state index in [1.54, 1.807) is 0 Å². The van der Waals surface area contributed by atoms with Gasteiger partial charge in [0.2, 0.25) is 0 Å². The summed E-state index contributed by atoms with van der Waals surface area (Å²) in [5.74, 6) is 0. The van der Waals surface area contributed by atoms with Crippen molar-refractivity contribution in [2.45, 2.75) is 13.3 Å². The van der Waals surface area contributed by atoms with Crippen LogP contribution in [-0.4, -0.2) is 0 Å². The molecule has 1 rings (SSSR count). The lowest BCUT2D eigenvalue weighted by atomic mass is 10.1. The topological polar surface area (TPSA) is 0 Å². The quantitative estimate of drug-likeness (QED) is 0.622. The van der Waals surface area contributed by atoms with E-state index in [4.69, 9.17) is 0 Å². The van der Waals surface area contributed by atoms with Crippen LogP contribution in [0, 0.1) is 0 Å². The first-order chi connectivity index (χ1) is 6.70. The molecule has 0 heterocycles. The second-order valence-electron chi connectivity index (χ2n) is 3.40. The molecule has 0 aliphatic heterocycles. The van der Waals surface area contributed by atoms with Crippen LogP contribution in [0.1, 0.15) is 12.5 Å². The standard InChI is InChI=1S/C14H16/c1-12(2)13(3)8-7-11-14-9-5-4-6-10-14/h4-10H,1,3,11H2,2H3. The highest BCUT2D eigenvalue weighted by atomic mass is 13.9. The maximum absolute atomic E-state index is 3.90. The zero-order chi connectivity index (χ0) is 10.4. The molecule has 0 saturated heterocycles. The van der Waals surface area contributed by atoms with Gasteiger partial charge in [-0.15, -0.1) is 0 Å². The molecule has 0 heteroatoms. The van der Waals surface area contributed by atoms with Crippen LogP contribution >= 0.6 is 0 Å². The SMILES string of the molecule is C=C(C)C(=C)C=CCc1ccccc1. The van der Waals surface area contributed by atoms with Crippen LogP contribution in [0.5, 0.6) is 0 Å². The number of hydrogen-bond donors (Lipinski definition) is 0. The maximum atomic E-state index is 3.90. The summed E-state index contributed by atoms with van der Waals surface area (Å²) >= 11 is 0. The van der Waals surface area contributed by atoms with E-state index in [0.29, 0.717) is 0 Å². The van der Waals surface area contributed by atoms with Crippen molar-refractivity contribution in [2.75, 3.05) is 0 Å². The minimum Gasteiger partial charge on any atom is -0.0955 e. The van der Waals surface area contributed by atoms with E-state index in [1.807, 2.05) is 19.1 Å². The molecule has 14 heavy (non-hydrogen) atoms. The Kier molecular flexibility index (Phi) is 3.93. The van der Waals surface area contributed by atoms with E-state index < -0.39 is 0 Å². The second-order valence-corrected chi connectivity index (χ2v) is 3.40. The lowest BCUT2D eigenvalue weighted by Gasteiger charge is -1.97. The van der Waals surface area contributed by atoms with Crippen LogP contribution in [0.25, 0.3) is 0 Å². The minimum atomic E-state index is 0.952. The molecule has 0 aliphatic rings. The third-order valence-corrected chi connectivity index (χ3v) is 2.06. The molecule has 0 unspecified atom stereocenters. The van der Waals surface area contributed by atoms with Gasteiger partial charge in [-0.25, -0.2) is 0 Å². The second kappa shape index (κ2) is 5.23. The van der Waals surface area contributed by atoms with Gasteiger partial charge in [0.15, 0.2) is 0 Å². The molecule has 0 amide bonds. The predicted molar refractivity (Wildman–Crippen MR) is 63.2 cm³/mol. The predicted octanol–water partition coefficient (Wildman–Crippen LogP) is 3.92. The van der Waals surface area contributed by atoms with Crippen LogP contribution in [0.4, 0.5) is 0 Å². The van der Waals surface area contributed by atoms with Gasteiger partial charge in [-0.05, 0) is 24.5 Å². The Bertz CT molecular complexity index is 342. The third kappa shape index (κ3) is 3.44. The maximum Gasteiger partial charge on any atom is -0.00941 e. The van der Waals surface area contributed by atoms with E-state index in [2.05, 4.69) is 43.5 Å². The van der Waals surface area contributed by atoms with Crippen LogP contribution in [0.15, 0.2) is 66.8 Å². The molecule has 0 bridgehead atoms. The molecule has 0 aliphatic carbocycles. The van der Waals surface area contributed by atoms with Gasteiger partial charge >= 0.3 is 0 Å². The number of benzene rings is 1. The lowest BCUT2D eigenvalue weighted by Crippen LogP contribution is -1.80. The van der Waals surface area contributed by atoms with Gasteiger partial charge in [0.25, 0.3) is 0 Å². The first-order valence-corrected chi connectivity index (χ1v) is 4.75. The highest BCUT2D eigenvalue weighted by Crippen LogP contribution is 2.06. The molecule has 0 spiro atoms. The van der Waals surface area contributed by atoms with Gasteiger partial charge in [-0.1, -0.05) is 61.2 Å². The number of hydrogen-bond acceptors (Lipinski definition) is 0. The normalized spacial score (nSPS) is 10.4. The zero-order valence-corrected chi connectivity index (χ0v) is 8.66.